The molecule has 2 aromatic carbocycles. The Kier molecular flexibility index (Phi) is 7.38. The lowest BCUT2D eigenvalue weighted by Gasteiger charge is -2.32. The smallest absolute Gasteiger partial charge is 0.262 e. The van der Waals surface area contributed by atoms with E-state index in [1.807, 2.05) is 23.1 Å². The van der Waals surface area contributed by atoms with Gasteiger partial charge < -0.3 is 19.9 Å². The van der Waals surface area contributed by atoms with Crippen LogP contribution in [0.3, 0.4) is 0 Å². The number of hydrogen-bond acceptors (Lipinski definition) is 4. The molecule has 0 radical (unpaired) electrons. The highest BCUT2D eigenvalue weighted by Gasteiger charge is 2.21. The van der Waals surface area contributed by atoms with Crippen molar-refractivity contribution < 1.29 is 14.3 Å². The minimum absolute atomic E-state index is 0.00914. The molecule has 1 aliphatic rings. The zero-order valence-electron chi connectivity index (χ0n) is 18.6. The van der Waals surface area contributed by atoms with Crippen LogP contribution in [-0.4, -0.2) is 61.4 Å². The molecular weight excluding hydrogens is 458 g/mol. The quantitative estimate of drug-likeness (QED) is 0.687. The normalized spacial score (nSPS) is 14.9. The highest BCUT2D eigenvalue weighted by atomic mass is 79.9. The van der Waals surface area contributed by atoms with Crippen molar-refractivity contribution in [3.63, 3.8) is 0 Å². The van der Waals surface area contributed by atoms with Gasteiger partial charge in [0.1, 0.15) is 5.75 Å². The van der Waals surface area contributed by atoms with Crippen LogP contribution in [0.1, 0.15) is 36.7 Å². The topological polar surface area (TPSA) is 61.9 Å². The third-order valence-corrected chi connectivity index (χ3v) is 5.79. The molecule has 2 amide bonds. The predicted molar refractivity (Wildman–Crippen MR) is 127 cm³/mol. The van der Waals surface area contributed by atoms with Gasteiger partial charge >= 0.3 is 0 Å². The van der Waals surface area contributed by atoms with Crippen molar-refractivity contribution in [2.75, 3.05) is 45.2 Å². The van der Waals surface area contributed by atoms with Gasteiger partial charge in [0.25, 0.3) is 11.8 Å². The van der Waals surface area contributed by atoms with Gasteiger partial charge in [-0.15, -0.1) is 0 Å². The third-order valence-electron chi connectivity index (χ3n) is 5.29. The molecular formula is C24H30BrN3O3. The average molecular weight is 488 g/mol. The molecule has 0 aromatic heterocycles. The Hall–Kier alpha value is -2.38. The number of carbonyl (C=O) groups excluding carboxylic acids is 2. The van der Waals surface area contributed by atoms with Crippen LogP contribution in [0.25, 0.3) is 0 Å². The second-order valence-electron chi connectivity index (χ2n) is 8.90. The molecule has 31 heavy (non-hydrogen) atoms. The summed E-state index contributed by atoms with van der Waals surface area (Å²) in [6, 6.07) is 12.8. The van der Waals surface area contributed by atoms with Crippen molar-refractivity contribution in [2.45, 2.75) is 26.2 Å². The summed E-state index contributed by atoms with van der Waals surface area (Å²) in [6.45, 7) is 9.35. The Morgan fingerprint density at radius 2 is 1.77 bits per heavy atom. The zero-order valence-corrected chi connectivity index (χ0v) is 20.2. The van der Waals surface area contributed by atoms with Crippen LogP contribution in [0, 0.1) is 0 Å². The molecule has 1 saturated heterocycles. The van der Waals surface area contributed by atoms with Gasteiger partial charge in [-0.1, -0.05) is 42.8 Å². The first kappa shape index (κ1) is 23.3. The Morgan fingerprint density at radius 1 is 1.06 bits per heavy atom. The highest BCUT2D eigenvalue weighted by molar-refractivity contribution is 9.10. The number of amides is 2. The highest BCUT2D eigenvalue weighted by Crippen LogP contribution is 2.33. The van der Waals surface area contributed by atoms with Gasteiger partial charge in [0.2, 0.25) is 0 Å². The lowest BCUT2D eigenvalue weighted by molar-refractivity contribution is -0.118. The zero-order chi connectivity index (χ0) is 22.6. The molecule has 7 heteroatoms. The van der Waals surface area contributed by atoms with Gasteiger partial charge in [0.05, 0.1) is 0 Å². The summed E-state index contributed by atoms with van der Waals surface area (Å²) in [4.78, 5) is 29.3. The number of likely N-dealkylation sites (N-methyl/N-ethyl adjacent to an activating group) is 1. The van der Waals surface area contributed by atoms with Crippen LogP contribution in [0.15, 0.2) is 46.9 Å². The molecule has 0 atom stereocenters. The van der Waals surface area contributed by atoms with Gasteiger partial charge in [-0.25, -0.2) is 0 Å². The molecule has 166 valence electrons. The number of nitrogens with one attached hydrogen (secondary N) is 1. The monoisotopic (exact) mass is 487 g/mol. The second-order valence-corrected chi connectivity index (χ2v) is 9.82. The standard InChI is InChI=1S/C24H30BrN3O3/c1-24(2,3)20-15-18(25)8-9-21(20)31-16-22(29)26-19-7-5-6-17(14-19)23(30)28-12-10-27(4)11-13-28/h5-9,14-15H,10-13,16H2,1-4H3,(H,26,29). The fraction of sp³-hybridized carbons (Fsp3) is 0.417. The maximum absolute atomic E-state index is 12.8. The number of anilines is 1. The molecule has 3 rings (SSSR count). The first-order valence-electron chi connectivity index (χ1n) is 10.4. The average Bonchev–Trinajstić information content (AvgIpc) is 2.72. The van der Waals surface area contributed by atoms with Crippen LogP contribution >= 0.6 is 15.9 Å². The Balaban J connectivity index is 1.62. The fourth-order valence-electron chi connectivity index (χ4n) is 3.48. The Morgan fingerprint density at radius 3 is 2.45 bits per heavy atom. The minimum atomic E-state index is -0.271. The van der Waals surface area contributed by atoms with Crippen LogP contribution < -0.4 is 10.1 Å². The van der Waals surface area contributed by atoms with Crippen LogP contribution in [0.5, 0.6) is 5.75 Å². The summed E-state index contributed by atoms with van der Waals surface area (Å²) < 4.78 is 6.79. The lowest BCUT2D eigenvalue weighted by atomic mass is 9.86. The van der Waals surface area contributed by atoms with E-state index < -0.39 is 0 Å². The number of rotatable bonds is 5. The molecule has 1 fully saturated rings. The van der Waals surface area contributed by atoms with E-state index in [0.717, 1.165) is 23.1 Å². The summed E-state index contributed by atoms with van der Waals surface area (Å²) in [6.07, 6.45) is 0. The van der Waals surface area contributed by atoms with Gasteiger partial charge in [-0.05, 0) is 48.9 Å². The lowest BCUT2D eigenvalue weighted by Crippen LogP contribution is -2.47. The predicted octanol–water partition coefficient (Wildman–Crippen LogP) is 4.15. The number of hydrogen-bond donors (Lipinski definition) is 1. The molecule has 6 nitrogen and oxygen atoms in total. The maximum Gasteiger partial charge on any atom is 0.262 e. The van der Waals surface area contributed by atoms with Crippen molar-refractivity contribution in [1.29, 1.82) is 0 Å². The summed E-state index contributed by atoms with van der Waals surface area (Å²) >= 11 is 3.49. The van der Waals surface area contributed by atoms with Gasteiger partial charge in [-0.3, -0.25) is 9.59 Å². The SMILES string of the molecule is CN1CCN(C(=O)c2cccc(NC(=O)COc3ccc(Br)cc3C(C)(C)C)c2)CC1. The van der Waals surface area contributed by atoms with Gasteiger partial charge in [0.15, 0.2) is 6.61 Å². The first-order valence-corrected chi connectivity index (χ1v) is 11.2. The second kappa shape index (κ2) is 9.83. The molecule has 1 aliphatic heterocycles. The Labute approximate surface area is 192 Å². The van der Waals surface area contributed by atoms with Gasteiger partial charge in [-0.2, -0.15) is 0 Å². The van der Waals surface area contributed by atoms with Crippen molar-refractivity contribution >= 4 is 33.4 Å². The summed E-state index contributed by atoms with van der Waals surface area (Å²) in [5.41, 5.74) is 2.06. The van der Waals surface area contributed by atoms with Crippen LogP contribution in [0.2, 0.25) is 0 Å². The van der Waals surface area contributed by atoms with E-state index >= 15 is 0 Å². The summed E-state index contributed by atoms with van der Waals surface area (Å²) in [5.74, 6) is 0.405. The molecule has 0 aliphatic carbocycles. The fourth-order valence-corrected chi connectivity index (χ4v) is 3.84. The largest absolute Gasteiger partial charge is 0.483 e. The number of halogens is 1. The molecule has 0 bridgehead atoms. The molecule has 1 N–H and O–H groups in total. The number of piperazine rings is 1. The summed E-state index contributed by atoms with van der Waals surface area (Å²) in [7, 11) is 2.05. The number of benzene rings is 2. The summed E-state index contributed by atoms with van der Waals surface area (Å²) in [5, 5.41) is 2.83. The van der Waals surface area contributed by atoms with Crippen molar-refractivity contribution in [3.8, 4) is 5.75 Å². The van der Waals surface area contributed by atoms with E-state index in [-0.39, 0.29) is 23.8 Å². The first-order chi connectivity index (χ1) is 14.6. The number of ether oxygens (including phenoxy) is 1. The third kappa shape index (κ3) is 6.31. The van der Waals surface area contributed by atoms with E-state index in [0.29, 0.717) is 30.1 Å². The molecule has 1 heterocycles. The number of carbonyl (C=O) groups is 2. The van der Waals surface area contributed by atoms with Gasteiger partial charge in [0, 0.05) is 47.5 Å². The minimum Gasteiger partial charge on any atom is -0.483 e. The van der Waals surface area contributed by atoms with Crippen molar-refractivity contribution in [2.24, 2.45) is 0 Å². The van der Waals surface area contributed by atoms with E-state index in [1.165, 1.54) is 0 Å². The molecule has 2 aromatic rings. The van der Waals surface area contributed by atoms with Crippen LogP contribution in [0.4, 0.5) is 5.69 Å². The molecule has 0 spiro atoms. The van der Waals surface area contributed by atoms with Crippen LogP contribution in [-0.2, 0) is 10.2 Å². The molecule has 0 saturated carbocycles. The maximum atomic E-state index is 12.8. The number of nitrogens with zero attached hydrogens (tertiary/aromatic N) is 2. The van der Waals surface area contributed by atoms with Crippen molar-refractivity contribution in [3.05, 3.63) is 58.1 Å². The molecule has 0 unspecified atom stereocenters. The van der Waals surface area contributed by atoms with Crippen molar-refractivity contribution in [1.82, 2.24) is 9.80 Å². The van der Waals surface area contributed by atoms with E-state index in [1.54, 1.807) is 24.3 Å². The van der Waals surface area contributed by atoms with E-state index in [2.05, 4.69) is 54.0 Å². The van der Waals surface area contributed by atoms with E-state index in [9.17, 15) is 9.59 Å². The van der Waals surface area contributed by atoms with E-state index in [4.69, 9.17) is 4.74 Å². The Bertz CT molecular complexity index is 947.